The molecule has 0 bridgehead atoms. The van der Waals surface area contributed by atoms with Gasteiger partial charge in [-0.25, -0.2) is 9.07 Å². The van der Waals surface area contributed by atoms with Gasteiger partial charge in [-0.2, -0.15) is 5.10 Å². The Bertz CT molecular complexity index is 1210. The molecule has 1 atom stereocenters. The van der Waals surface area contributed by atoms with Gasteiger partial charge >= 0.3 is 0 Å². The number of aryl methyl sites for hydroxylation is 1. The van der Waals surface area contributed by atoms with E-state index in [0.29, 0.717) is 18.8 Å². The molecule has 0 aliphatic carbocycles. The van der Waals surface area contributed by atoms with Crippen molar-refractivity contribution in [2.24, 2.45) is 7.05 Å². The monoisotopic (exact) mass is 402 g/mol. The van der Waals surface area contributed by atoms with E-state index in [0.717, 1.165) is 11.1 Å². The Kier molecular flexibility index (Phi) is 4.39. The van der Waals surface area contributed by atoms with Gasteiger partial charge in [0.25, 0.3) is 5.91 Å². The van der Waals surface area contributed by atoms with Gasteiger partial charge < -0.3 is 4.90 Å². The molecule has 2 aromatic heterocycles. The fourth-order valence-corrected chi connectivity index (χ4v) is 3.91. The third-order valence-corrected chi connectivity index (χ3v) is 5.41. The van der Waals surface area contributed by atoms with Crippen LogP contribution < -0.4 is 0 Å². The maximum absolute atomic E-state index is 13.2. The number of hydrogen-bond donors (Lipinski definition) is 0. The second kappa shape index (κ2) is 7.22. The molecule has 4 aromatic rings. The predicted molar refractivity (Wildman–Crippen MR) is 108 cm³/mol. The van der Waals surface area contributed by atoms with Crippen LogP contribution in [0.2, 0.25) is 0 Å². The Hall–Kier alpha value is -3.81. The standard InChI is InChI=1S/C22H19FN6O/c1-27-11-16(10-24-27)20-13-28(12-15-4-2-3-5-19(15)20)22(30)21-14-29(26-25-21)18-8-6-17(23)7-9-18/h2-11,14,20H,12-13H2,1H3. The Morgan fingerprint density at radius 2 is 1.90 bits per heavy atom. The Morgan fingerprint density at radius 3 is 2.67 bits per heavy atom. The lowest BCUT2D eigenvalue weighted by molar-refractivity contribution is 0.0719. The van der Waals surface area contributed by atoms with Crippen LogP contribution in [0.15, 0.2) is 67.1 Å². The fraction of sp³-hybridized carbons (Fsp3) is 0.182. The number of halogens is 1. The molecule has 0 fully saturated rings. The van der Waals surface area contributed by atoms with Crippen LogP contribution in [-0.2, 0) is 13.6 Å². The number of rotatable bonds is 3. The van der Waals surface area contributed by atoms with Crippen LogP contribution in [0.5, 0.6) is 0 Å². The van der Waals surface area contributed by atoms with Gasteiger partial charge in [0.1, 0.15) is 5.82 Å². The molecule has 1 unspecified atom stereocenters. The number of carbonyl (C=O) groups excluding carboxylic acids is 1. The normalized spacial score (nSPS) is 15.8. The van der Waals surface area contributed by atoms with Crippen LogP contribution >= 0.6 is 0 Å². The molecule has 1 amide bonds. The SMILES string of the molecule is Cn1cc(C2CN(C(=O)c3cn(-c4ccc(F)cc4)nn3)Cc3ccccc32)cn1. The van der Waals surface area contributed by atoms with Gasteiger partial charge in [0.05, 0.1) is 18.1 Å². The van der Waals surface area contributed by atoms with Crippen molar-refractivity contribution in [3.63, 3.8) is 0 Å². The number of carbonyl (C=O) groups is 1. The molecule has 150 valence electrons. The topological polar surface area (TPSA) is 68.8 Å². The van der Waals surface area contributed by atoms with Gasteiger partial charge in [-0.1, -0.05) is 29.5 Å². The van der Waals surface area contributed by atoms with Crippen molar-refractivity contribution in [2.45, 2.75) is 12.5 Å². The first-order valence-corrected chi connectivity index (χ1v) is 9.62. The van der Waals surface area contributed by atoms with Gasteiger partial charge in [0, 0.05) is 32.3 Å². The van der Waals surface area contributed by atoms with E-state index in [1.54, 1.807) is 27.9 Å². The lowest BCUT2D eigenvalue weighted by atomic mass is 9.86. The zero-order valence-electron chi connectivity index (χ0n) is 16.3. The van der Waals surface area contributed by atoms with Crippen LogP contribution in [0, 0.1) is 5.82 Å². The smallest absolute Gasteiger partial charge is 0.276 e. The minimum Gasteiger partial charge on any atom is -0.332 e. The van der Waals surface area contributed by atoms with Crippen LogP contribution in [0.1, 0.15) is 33.1 Å². The van der Waals surface area contributed by atoms with Gasteiger partial charge in [-0.15, -0.1) is 5.10 Å². The second-order valence-electron chi connectivity index (χ2n) is 7.41. The van der Waals surface area contributed by atoms with E-state index < -0.39 is 0 Å². The number of aromatic nitrogens is 5. The molecule has 0 N–H and O–H groups in total. The average Bonchev–Trinajstić information content (AvgIpc) is 3.42. The second-order valence-corrected chi connectivity index (χ2v) is 7.41. The summed E-state index contributed by atoms with van der Waals surface area (Å²) >= 11 is 0. The summed E-state index contributed by atoms with van der Waals surface area (Å²) in [4.78, 5) is 15.0. The lowest BCUT2D eigenvalue weighted by Gasteiger charge is -2.34. The van der Waals surface area contributed by atoms with E-state index in [4.69, 9.17) is 0 Å². The molecular weight excluding hydrogens is 383 g/mol. The molecule has 0 saturated carbocycles. The molecule has 0 spiro atoms. The minimum absolute atomic E-state index is 0.0414. The molecule has 7 nitrogen and oxygen atoms in total. The number of fused-ring (bicyclic) bond motifs is 1. The Labute approximate surface area is 172 Å². The highest BCUT2D eigenvalue weighted by molar-refractivity contribution is 5.92. The highest BCUT2D eigenvalue weighted by atomic mass is 19.1. The van der Waals surface area contributed by atoms with Crippen LogP contribution in [0.3, 0.4) is 0 Å². The maximum Gasteiger partial charge on any atom is 0.276 e. The molecular formula is C22H19FN6O. The lowest BCUT2D eigenvalue weighted by Crippen LogP contribution is -2.38. The van der Waals surface area contributed by atoms with Crippen LogP contribution in [0.25, 0.3) is 5.69 Å². The van der Waals surface area contributed by atoms with E-state index in [2.05, 4.69) is 21.5 Å². The third kappa shape index (κ3) is 3.26. The zero-order chi connectivity index (χ0) is 20.7. The molecule has 3 heterocycles. The van der Waals surface area contributed by atoms with Crippen LogP contribution in [-0.4, -0.2) is 42.1 Å². The van der Waals surface area contributed by atoms with Gasteiger partial charge in [0.2, 0.25) is 0 Å². The number of benzene rings is 2. The molecule has 2 aromatic carbocycles. The number of nitrogens with zero attached hydrogens (tertiary/aromatic N) is 6. The van der Waals surface area contributed by atoms with Crippen molar-refractivity contribution in [3.05, 3.63) is 95.3 Å². The predicted octanol–water partition coefficient (Wildman–Crippen LogP) is 2.93. The summed E-state index contributed by atoms with van der Waals surface area (Å²) in [5.74, 6) is -0.477. The molecule has 8 heteroatoms. The summed E-state index contributed by atoms with van der Waals surface area (Å²) in [6.45, 7) is 1.04. The molecule has 5 rings (SSSR count). The third-order valence-electron chi connectivity index (χ3n) is 5.41. The summed E-state index contributed by atoms with van der Waals surface area (Å²) < 4.78 is 16.4. The first-order valence-electron chi connectivity index (χ1n) is 9.62. The van der Waals surface area contributed by atoms with Gasteiger partial charge in [-0.3, -0.25) is 9.48 Å². The van der Waals surface area contributed by atoms with Crippen molar-refractivity contribution in [2.75, 3.05) is 6.54 Å². The number of amides is 1. The highest BCUT2D eigenvalue weighted by Crippen LogP contribution is 2.33. The number of hydrogen-bond acceptors (Lipinski definition) is 4. The van der Waals surface area contributed by atoms with Crippen molar-refractivity contribution >= 4 is 5.91 Å². The summed E-state index contributed by atoms with van der Waals surface area (Å²) in [6, 6.07) is 14.0. The molecule has 1 aliphatic rings. The summed E-state index contributed by atoms with van der Waals surface area (Å²) in [5, 5.41) is 12.4. The summed E-state index contributed by atoms with van der Waals surface area (Å²) in [5.41, 5.74) is 4.28. The zero-order valence-corrected chi connectivity index (χ0v) is 16.3. The quantitative estimate of drug-likeness (QED) is 0.528. The largest absolute Gasteiger partial charge is 0.332 e. The van der Waals surface area contributed by atoms with Gasteiger partial charge in [0.15, 0.2) is 5.69 Å². The first-order chi connectivity index (χ1) is 14.6. The van der Waals surface area contributed by atoms with E-state index in [9.17, 15) is 9.18 Å². The van der Waals surface area contributed by atoms with Crippen molar-refractivity contribution in [3.8, 4) is 5.69 Å². The summed E-state index contributed by atoms with van der Waals surface area (Å²) in [7, 11) is 1.88. The van der Waals surface area contributed by atoms with Crippen molar-refractivity contribution in [1.82, 2.24) is 29.7 Å². The Morgan fingerprint density at radius 1 is 1.10 bits per heavy atom. The maximum atomic E-state index is 13.2. The average molecular weight is 402 g/mol. The molecule has 1 aliphatic heterocycles. The molecule has 0 radical (unpaired) electrons. The van der Waals surface area contributed by atoms with Crippen molar-refractivity contribution in [1.29, 1.82) is 0 Å². The summed E-state index contributed by atoms with van der Waals surface area (Å²) in [6.07, 6.45) is 5.41. The molecule has 0 saturated heterocycles. The van der Waals surface area contributed by atoms with E-state index in [-0.39, 0.29) is 23.3 Å². The van der Waals surface area contributed by atoms with E-state index >= 15 is 0 Å². The highest BCUT2D eigenvalue weighted by Gasteiger charge is 2.31. The Balaban J connectivity index is 1.44. The van der Waals surface area contributed by atoms with E-state index in [1.807, 2.05) is 37.6 Å². The van der Waals surface area contributed by atoms with Crippen LogP contribution in [0.4, 0.5) is 4.39 Å². The van der Waals surface area contributed by atoms with E-state index in [1.165, 1.54) is 22.4 Å². The first kappa shape index (κ1) is 18.2. The minimum atomic E-state index is -0.330. The van der Waals surface area contributed by atoms with Crippen molar-refractivity contribution < 1.29 is 9.18 Å². The fourth-order valence-electron chi connectivity index (χ4n) is 3.91. The van der Waals surface area contributed by atoms with Gasteiger partial charge in [-0.05, 0) is 41.0 Å². The molecule has 30 heavy (non-hydrogen) atoms.